The van der Waals surface area contributed by atoms with Gasteiger partial charge in [0.2, 0.25) is 0 Å². The molecule has 2 amide bonds. The SMILES string of the molecule is C[C@@H](NC(=O)NCc1ncccc1F)[C@@H]1CCCO1. The van der Waals surface area contributed by atoms with E-state index in [1.54, 1.807) is 0 Å². The van der Waals surface area contributed by atoms with Gasteiger partial charge < -0.3 is 15.4 Å². The first-order chi connectivity index (χ1) is 9.16. The summed E-state index contributed by atoms with van der Waals surface area (Å²) in [6.07, 6.45) is 3.54. The number of hydrogen-bond acceptors (Lipinski definition) is 3. The number of nitrogens with zero attached hydrogens (tertiary/aromatic N) is 1. The minimum Gasteiger partial charge on any atom is -0.376 e. The molecule has 0 aromatic carbocycles. The highest BCUT2D eigenvalue weighted by atomic mass is 19.1. The van der Waals surface area contributed by atoms with Crippen molar-refractivity contribution < 1.29 is 13.9 Å². The molecule has 1 aromatic rings. The molecule has 6 heteroatoms. The quantitative estimate of drug-likeness (QED) is 0.870. The number of pyridine rings is 1. The van der Waals surface area contributed by atoms with Crippen LogP contribution in [0, 0.1) is 5.82 Å². The average Bonchev–Trinajstić information content (AvgIpc) is 2.91. The van der Waals surface area contributed by atoms with Crippen LogP contribution in [0.4, 0.5) is 9.18 Å². The molecule has 1 aliphatic rings. The number of nitrogens with one attached hydrogen (secondary N) is 2. The van der Waals surface area contributed by atoms with E-state index in [0.717, 1.165) is 19.4 Å². The Morgan fingerprint density at radius 2 is 2.53 bits per heavy atom. The van der Waals surface area contributed by atoms with Gasteiger partial charge in [0.15, 0.2) is 0 Å². The van der Waals surface area contributed by atoms with E-state index in [4.69, 9.17) is 4.74 Å². The molecule has 0 aliphatic carbocycles. The number of rotatable bonds is 4. The van der Waals surface area contributed by atoms with E-state index < -0.39 is 5.82 Å². The largest absolute Gasteiger partial charge is 0.376 e. The molecule has 0 bridgehead atoms. The minimum absolute atomic E-state index is 0.0592. The Morgan fingerprint density at radius 1 is 1.68 bits per heavy atom. The molecule has 2 atom stereocenters. The number of hydrogen-bond donors (Lipinski definition) is 2. The van der Waals surface area contributed by atoms with Gasteiger partial charge in [-0.1, -0.05) is 0 Å². The first kappa shape index (κ1) is 13.7. The first-order valence-electron chi connectivity index (χ1n) is 6.42. The zero-order valence-corrected chi connectivity index (χ0v) is 10.9. The Balaban J connectivity index is 1.77. The summed E-state index contributed by atoms with van der Waals surface area (Å²) in [7, 11) is 0. The zero-order chi connectivity index (χ0) is 13.7. The van der Waals surface area contributed by atoms with Gasteiger partial charge in [-0.3, -0.25) is 4.98 Å². The lowest BCUT2D eigenvalue weighted by Crippen LogP contribution is -2.45. The molecule has 0 spiro atoms. The Bertz CT molecular complexity index is 436. The van der Waals surface area contributed by atoms with Gasteiger partial charge in [-0.2, -0.15) is 0 Å². The Kier molecular flexibility index (Phi) is 4.68. The van der Waals surface area contributed by atoms with Gasteiger partial charge in [-0.25, -0.2) is 9.18 Å². The van der Waals surface area contributed by atoms with E-state index in [9.17, 15) is 9.18 Å². The van der Waals surface area contributed by atoms with Crippen molar-refractivity contribution in [3.8, 4) is 0 Å². The molecule has 1 fully saturated rings. The van der Waals surface area contributed by atoms with E-state index in [2.05, 4.69) is 15.6 Å². The van der Waals surface area contributed by atoms with Crippen LogP contribution in [0.1, 0.15) is 25.5 Å². The van der Waals surface area contributed by atoms with Gasteiger partial charge in [-0.15, -0.1) is 0 Å². The molecule has 19 heavy (non-hydrogen) atoms. The number of carbonyl (C=O) groups is 1. The van der Waals surface area contributed by atoms with Gasteiger partial charge in [0.05, 0.1) is 24.4 Å². The van der Waals surface area contributed by atoms with Crippen LogP contribution in [0.15, 0.2) is 18.3 Å². The molecule has 5 nitrogen and oxygen atoms in total. The van der Waals surface area contributed by atoms with Crippen LogP contribution in [0.5, 0.6) is 0 Å². The van der Waals surface area contributed by atoms with Gasteiger partial charge in [0, 0.05) is 12.8 Å². The second-order valence-corrected chi connectivity index (χ2v) is 4.60. The smallest absolute Gasteiger partial charge is 0.315 e. The number of ether oxygens (including phenoxy) is 1. The molecule has 0 saturated carbocycles. The maximum Gasteiger partial charge on any atom is 0.315 e. The molecule has 2 rings (SSSR count). The molecule has 0 unspecified atom stereocenters. The van der Waals surface area contributed by atoms with E-state index in [1.807, 2.05) is 6.92 Å². The maximum absolute atomic E-state index is 13.3. The first-order valence-corrected chi connectivity index (χ1v) is 6.42. The highest BCUT2D eigenvalue weighted by Crippen LogP contribution is 2.15. The fourth-order valence-electron chi connectivity index (χ4n) is 2.06. The van der Waals surface area contributed by atoms with Crippen molar-refractivity contribution in [2.24, 2.45) is 0 Å². The molecule has 1 aliphatic heterocycles. The fourth-order valence-corrected chi connectivity index (χ4v) is 2.06. The highest BCUT2D eigenvalue weighted by Gasteiger charge is 2.23. The van der Waals surface area contributed by atoms with E-state index >= 15 is 0 Å². The van der Waals surface area contributed by atoms with Crippen LogP contribution in [0.2, 0.25) is 0 Å². The average molecular weight is 267 g/mol. The molecule has 1 aromatic heterocycles. The van der Waals surface area contributed by atoms with Crippen molar-refractivity contribution in [3.63, 3.8) is 0 Å². The Hall–Kier alpha value is -1.69. The highest BCUT2D eigenvalue weighted by molar-refractivity contribution is 5.74. The van der Waals surface area contributed by atoms with E-state index in [-0.39, 0.29) is 30.4 Å². The summed E-state index contributed by atoms with van der Waals surface area (Å²) in [4.78, 5) is 15.5. The summed E-state index contributed by atoms with van der Waals surface area (Å²) in [6, 6.07) is 2.43. The van der Waals surface area contributed by atoms with Gasteiger partial charge in [-0.05, 0) is 31.9 Å². The third-order valence-corrected chi connectivity index (χ3v) is 3.13. The molecule has 104 valence electrons. The van der Waals surface area contributed by atoms with Crippen molar-refractivity contribution in [2.75, 3.05) is 6.61 Å². The monoisotopic (exact) mass is 267 g/mol. The number of aromatic nitrogens is 1. The summed E-state index contributed by atoms with van der Waals surface area (Å²) < 4.78 is 18.8. The van der Waals surface area contributed by atoms with Crippen molar-refractivity contribution in [1.29, 1.82) is 0 Å². The van der Waals surface area contributed by atoms with Crippen LogP contribution in [0.25, 0.3) is 0 Å². The molecule has 1 saturated heterocycles. The van der Waals surface area contributed by atoms with Gasteiger partial charge in [0.25, 0.3) is 0 Å². The second-order valence-electron chi connectivity index (χ2n) is 4.60. The zero-order valence-electron chi connectivity index (χ0n) is 10.9. The van der Waals surface area contributed by atoms with Crippen molar-refractivity contribution in [1.82, 2.24) is 15.6 Å². The lowest BCUT2D eigenvalue weighted by atomic mass is 10.1. The molecular formula is C13H18FN3O2. The maximum atomic E-state index is 13.3. The standard InChI is InChI=1S/C13H18FN3O2/c1-9(12-5-3-7-19-12)17-13(18)16-8-11-10(14)4-2-6-15-11/h2,4,6,9,12H,3,5,7-8H2,1H3,(H2,16,17,18)/t9-,12+/m1/s1. The summed E-state index contributed by atoms with van der Waals surface area (Å²) in [6.45, 7) is 2.71. The summed E-state index contributed by atoms with van der Waals surface area (Å²) in [5.74, 6) is -0.421. The van der Waals surface area contributed by atoms with Crippen LogP contribution < -0.4 is 10.6 Å². The number of amides is 2. The third-order valence-electron chi connectivity index (χ3n) is 3.13. The van der Waals surface area contributed by atoms with Gasteiger partial charge >= 0.3 is 6.03 Å². The minimum atomic E-state index is -0.421. The third kappa shape index (κ3) is 3.89. The molecule has 2 heterocycles. The van der Waals surface area contributed by atoms with Crippen LogP contribution in [0.3, 0.4) is 0 Å². The van der Waals surface area contributed by atoms with Crippen molar-refractivity contribution in [3.05, 3.63) is 29.8 Å². The Morgan fingerprint density at radius 3 is 3.21 bits per heavy atom. The second kappa shape index (κ2) is 6.47. The van der Waals surface area contributed by atoms with Gasteiger partial charge in [0.1, 0.15) is 5.82 Å². The topological polar surface area (TPSA) is 63.2 Å². The predicted octanol–water partition coefficient (Wildman–Crippen LogP) is 1.59. The van der Waals surface area contributed by atoms with Crippen LogP contribution in [-0.2, 0) is 11.3 Å². The molecule has 2 N–H and O–H groups in total. The summed E-state index contributed by atoms with van der Waals surface area (Å²) in [5, 5.41) is 5.37. The lowest BCUT2D eigenvalue weighted by Gasteiger charge is -2.20. The molecule has 0 radical (unpaired) electrons. The van der Waals surface area contributed by atoms with Crippen LogP contribution in [-0.4, -0.2) is 29.8 Å². The Labute approximate surface area is 111 Å². The van der Waals surface area contributed by atoms with E-state index in [1.165, 1.54) is 18.3 Å². The van der Waals surface area contributed by atoms with Crippen molar-refractivity contribution >= 4 is 6.03 Å². The lowest BCUT2D eigenvalue weighted by molar-refractivity contribution is 0.0860. The molecular weight excluding hydrogens is 249 g/mol. The van der Waals surface area contributed by atoms with Crippen LogP contribution >= 0.6 is 0 Å². The normalized spacial score (nSPS) is 20.0. The number of halogens is 1. The predicted molar refractivity (Wildman–Crippen MR) is 68.0 cm³/mol. The van der Waals surface area contributed by atoms with E-state index in [0.29, 0.717) is 0 Å². The van der Waals surface area contributed by atoms with Crippen molar-refractivity contribution in [2.45, 2.75) is 38.5 Å². The number of carbonyl (C=O) groups excluding carboxylic acids is 1. The summed E-state index contributed by atoms with van der Waals surface area (Å²) >= 11 is 0. The summed E-state index contributed by atoms with van der Waals surface area (Å²) in [5.41, 5.74) is 0.224. The fraction of sp³-hybridized carbons (Fsp3) is 0.538. The number of urea groups is 1.